The molecule has 96 valence electrons. The van der Waals surface area contributed by atoms with Crippen molar-refractivity contribution in [1.82, 2.24) is 15.1 Å². The first-order chi connectivity index (χ1) is 8.22. The molecule has 2 heterocycles. The summed E-state index contributed by atoms with van der Waals surface area (Å²) in [6.07, 6.45) is 1.72. The lowest BCUT2D eigenvalue weighted by molar-refractivity contribution is -0.129. The maximum atomic E-state index is 11.9. The molecular formula is C11H19N3O3. The molecule has 0 saturated carbocycles. The predicted molar refractivity (Wildman–Crippen MR) is 61.6 cm³/mol. The lowest BCUT2D eigenvalue weighted by Crippen LogP contribution is -2.45. The third-order valence-electron chi connectivity index (χ3n) is 3.34. The molecule has 17 heavy (non-hydrogen) atoms. The number of amides is 2. The SMILES string of the molecule is CNCC1CCCN1CC(=O)N1CCOC1=O. The number of carbonyl (C=O) groups is 2. The number of nitrogens with one attached hydrogen (secondary N) is 1. The monoisotopic (exact) mass is 241 g/mol. The Morgan fingerprint density at radius 3 is 3.00 bits per heavy atom. The van der Waals surface area contributed by atoms with Gasteiger partial charge in [0.2, 0.25) is 5.91 Å². The molecule has 2 saturated heterocycles. The normalized spacial score (nSPS) is 25.4. The van der Waals surface area contributed by atoms with Crippen LogP contribution < -0.4 is 5.32 Å². The van der Waals surface area contributed by atoms with Gasteiger partial charge in [-0.1, -0.05) is 0 Å². The van der Waals surface area contributed by atoms with Gasteiger partial charge in [-0.15, -0.1) is 0 Å². The Morgan fingerprint density at radius 2 is 2.35 bits per heavy atom. The molecule has 6 nitrogen and oxygen atoms in total. The fraction of sp³-hybridized carbons (Fsp3) is 0.818. The second-order valence-electron chi connectivity index (χ2n) is 4.48. The van der Waals surface area contributed by atoms with E-state index in [1.807, 2.05) is 7.05 Å². The largest absolute Gasteiger partial charge is 0.447 e. The number of nitrogens with zero attached hydrogens (tertiary/aromatic N) is 2. The number of hydrogen-bond acceptors (Lipinski definition) is 5. The van der Waals surface area contributed by atoms with Gasteiger partial charge in [-0.05, 0) is 26.4 Å². The summed E-state index contributed by atoms with van der Waals surface area (Å²) in [6, 6.07) is 0.405. The highest BCUT2D eigenvalue weighted by molar-refractivity contribution is 5.94. The molecule has 1 N–H and O–H groups in total. The Kier molecular flexibility index (Phi) is 3.96. The van der Waals surface area contributed by atoms with Crippen LogP contribution in [0.15, 0.2) is 0 Å². The molecule has 0 bridgehead atoms. The van der Waals surface area contributed by atoms with Gasteiger partial charge in [-0.3, -0.25) is 9.69 Å². The van der Waals surface area contributed by atoms with E-state index in [0.717, 1.165) is 25.9 Å². The van der Waals surface area contributed by atoms with Gasteiger partial charge < -0.3 is 10.1 Å². The Balaban J connectivity index is 1.87. The summed E-state index contributed by atoms with van der Waals surface area (Å²) in [5.74, 6) is -0.143. The minimum atomic E-state index is -0.501. The molecule has 2 rings (SSSR count). The number of cyclic esters (lactones) is 1. The summed E-state index contributed by atoms with van der Waals surface area (Å²) in [5.41, 5.74) is 0. The maximum Gasteiger partial charge on any atom is 0.416 e. The van der Waals surface area contributed by atoms with E-state index in [-0.39, 0.29) is 5.91 Å². The van der Waals surface area contributed by atoms with Crippen LogP contribution in [0.1, 0.15) is 12.8 Å². The minimum Gasteiger partial charge on any atom is -0.447 e. The minimum absolute atomic E-state index is 0.143. The second kappa shape index (κ2) is 5.46. The average molecular weight is 241 g/mol. The van der Waals surface area contributed by atoms with Crippen LogP contribution in [0, 0.1) is 0 Å². The van der Waals surface area contributed by atoms with Gasteiger partial charge in [0.1, 0.15) is 6.61 Å². The van der Waals surface area contributed by atoms with Crippen molar-refractivity contribution in [2.75, 3.05) is 39.8 Å². The fourth-order valence-electron chi connectivity index (χ4n) is 2.45. The topological polar surface area (TPSA) is 61.9 Å². The lowest BCUT2D eigenvalue weighted by atomic mass is 10.2. The van der Waals surface area contributed by atoms with Crippen LogP contribution in [0.4, 0.5) is 4.79 Å². The van der Waals surface area contributed by atoms with E-state index in [1.165, 1.54) is 4.90 Å². The van der Waals surface area contributed by atoms with E-state index in [4.69, 9.17) is 4.74 Å². The van der Waals surface area contributed by atoms with Gasteiger partial charge >= 0.3 is 6.09 Å². The Hall–Kier alpha value is -1.14. The van der Waals surface area contributed by atoms with Crippen molar-refractivity contribution in [3.8, 4) is 0 Å². The van der Waals surface area contributed by atoms with Gasteiger partial charge in [0, 0.05) is 12.6 Å². The first kappa shape index (κ1) is 12.3. The van der Waals surface area contributed by atoms with E-state index in [1.54, 1.807) is 0 Å². The molecule has 0 aliphatic carbocycles. The third-order valence-corrected chi connectivity index (χ3v) is 3.34. The van der Waals surface area contributed by atoms with Crippen LogP contribution >= 0.6 is 0 Å². The summed E-state index contributed by atoms with van der Waals surface area (Å²) in [7, 11) is 1.91. The highest BCUT2D eigenvalue weighted by Gasteiger charge is 2.32. The molecule has 2 aliphatic heterocycles. The standard InChI is InChI=1S/C11H19N3O3/c1-12-7-9-3-2-4-13(9)8-10(15)14-5-6-17-11(14)16/h9,12H,2-8H2,1H3. The summed E-state index contributed by atoms with van der Waals surface area (Å²) in [6.45, 7) is 2.85. The van der Waals surface area contributed by atoms with Crippen LogP contribution in [-0.2, 0) is 9.53 Å². The van der Waals surface area contributed by atoms with Crippen LogP contribution in [0.25, 0.3) is 0 Å². The number of rotatable bonds is 4. The molecule has 6 heteroatoms. The Labute approximate surface area is 101 Å². The van der Waals surface area contributed by atoms with Crippen LogP contribution in [-0.4, -0.2) is 67.7 Å². The van der Waals surface area contributed by atoms with Crippen LogP contribution in [0.3, 0.4) is 0 Å². The van der Waals surface area contributed by atoms with Crippen molar-refractivity contribution in [3.05, 3.63) is 0 Å². The Morgan fingerprint density at radius 1 is 1.53 bits per heavy atom. The molecule has 0 aromatic heterocycles. The van der Waals surface area contributed by atoms with Gasteiger partial charge in [-0.2, -0.15) is 0 Å². The van der Waals surface area contributed by atoms with Crippen molar-refractivity contribution in [1.29, 1.82) is 0 Å². The van der Waals surface area contributed by atoms with Gasteiger partial charge in [0.15, 0.2) is 0 Å². The zero-order chi connectivity index (χ0) is 12.3. The van der Waals surface area contributed by atoms with Gasteiger partial charge in [-0.25, -0.2) is 9.69 Å². The summed E-state index contributed by atoms with van der Waals surface area (Å²) in [5, 5.41) is 3.13. The van der Waals surface area contributed by atoms with E-state index < -0.39 is 6.09 Å². The summed E-state index contributed by atoms with van der Waals surface area (Å²) >= 11 is 0. The molecule has 0 spiro atoms. The molecule has 1 unspecified atom stereocenters. The molecule has 1 atom stereocenters. The highest BCUT2D eigenvalue weighted by atomic mass is 16.6. The smallest absolute Gasteiger partial charge is 0.416 e. The van der Waals surface area contributed by atoms with Crippen molar-refractivity contribution in [3.63, 3.8) is 0 Å². The number of carbonyl (C=O) groups excluding carboxylic acids is 2. The molecule has 2 amide bonds. The van der Waals surface area contributed by atoms with Crippen molar-refractivity contribution in [2.45, 2.75) is 18.9 Å². The van der Waals surface area contributed by atoms with Crippen LogP contribution in [0.5, 0.6) is 0 Å². The number of ether oxygens (including phenoxy) is 1. The van der Waals surface area contributed by atoms with Crippen molar-refractivity contribution < 1.29 is 14.3 Å². The van der Waals surface area contributed by atoms with E-state index in [0.29, 0.717) is 25.7 Å². The van der Waals surface area contributed by atoms with E-state index in [2.05, 4.69) is 10.2 Å². The number of hydrogen-bond donors (Lipinski definition) is 1. The zero-order valence-corrected chi connectivity index (χ0v) is 10.1. The van der Waals surface area contributed by atoms with E-state index >= 15 is 0 Å². The molecule has 0 aromatic carbocycles. The van der Waals surface area contributed by atoms with Gasteiger partial charge in [0.05, 0.1) is 13.1 Å². The molecule has 0 radical (unpaired) electrons. The van der Waals surface area contributed by atoms with Gasteiger partial charge in [0.25, 0.3) is 0 Å². The maximum absolute atomic E-state index is 11.9. The van der Waals surface area contributed by atoms with E-state index in [9.17, 15) is 9.59 Å². The first-order valence-electron chi connectivity index (χ1n) is 6.08. The Bertz CT molecular complexity index is 308. The second-order valence-corrected chi connectivity index (χ2v) is 4.48. The molecular weight excluding hydrogens is 222 g/mol. The zero-order valence-electron chi connectivity index (χ0n) is 10.1. The van der Waals surface area contributed by atoms with Crippen LogP contribution in [0.2, 0.25) is 0 Å². The summed E-state index contributed by atoms with van der Waals surface area (Å²) in [4.78, 5) is 26.5. The molecule has 2 fully saturated rings. The quantitative estimate of drug-likeness (QED) is 0.729. The molecule has 2 aliphatic rings. The fourth-order valence-corrected chi connectivity index (χ4v) is 2.45. The van der Waals surface area contributed by atoms with Crippen molar-refractivity contribution in [2.24, 2.45) is 0 Å². The number of likely N-dealkylation sites (tertiary alicyclic amines) is 1. The predicted octanol–water partition coefficient (Wildman–Crippen LogP) is -0.351. The average Bonchev–Trinajstić information content (AvgIpc) is 2.89. The number of imide groups is 1. The highest BCUT2D eigenvalue weighted by Crippen LogP contribution is 2.17. The van der Waals surface area contributed by atoms with Crippen molar-refractivity contribution >= 4 is 12.0 Å². The number of likely N-dealkylation sites (N-methyl/N-ethyl adjacent to an activating group) is 1. The first-order valence-corrected chi connectivity index (χ1v) is 6.08. The summed E-state index contributed by atoms with van der Waals surface area (Å²) < 4.78 is 4.76. The molecule has 0 aromatic rings. The third kappa shape index (κ3) is 2.76. The lowest BCUT2D eigenvalue weighted by Gasteiger charge is -2.24.